The zero-order valence-electron chi connectivity index (χ0n) is 24.6. The number of halogens is 3. The van der Waals surface area contributed by atoms with E-state index >= 15 is 0 Å². The Morgan fingerprint density at radius 2 is 1.83 bits per heavy atom. The van der Waals surface area contributed by atoms with Crippen LogP contribution in [0.15, 0.2) is 42.7 Å². The highest BCUT2D eigenvalue weighted by Crippen LogP contribution is 2.52. The van der Waals surface area contributed by atoms with Crippen LogP contribution in [-0.4, -0.2) is 63.7 Å². The third kappa shape index (κ3) is 4.20. The van der Waals surface area contributed by atoms with Crippen LogP contribution in [0.2, 0.25) is 0 Å². The number of alkyl halides is 3. The van der Waals surface area contributed by atoms with Crippen molar-refractivity contribution < 1.29 is 18.0 Å². The minimum atomic E-state index is -4.56. The van der Waals surface area contributed by atoms with E-state index in [0.717, 1.165) is 56.8 Å². The molecular formula is C32H37F3N6O. The van der Waals surface area contributed by atoms with Gasteiger partial charge in [-0.2, -0.15) is 13.2 Å². The van der Waals surface area contributed by atoms with Crippen molar-refractivity contribution in [2.24, 2.45) is 18.4 Å². The molecular weight excluding hydrogens is 541 g/mol. The Hall–Kier alpha value is -3.24. The standard InChI is InChI=1S/C32H37F3N6O/c1-20-13-31(14-20,29-37-36-19-39(29)4)23-6-5-7-24(12-23)41-15-26-25(28(41)42)10-22(11-27(26)32(33,34)35)21(2)40-9-8-30(18-40)16-38(3)17-30/h5-7,10-12,19-21H,8-9,13-18H2,1-4H3/t20?,21-,31?/m1/s1. The van der Waals surface area contributed by atoms with Crippen molar-refractivity contribution in [2.75, 3.05) is 38.1 Å². The molecule has 0 unspecified atom stereocenters. The third-order valence-corrected chi connectivity index (χ3v) is 10.3. The molecule has 1 aliphatic carbocycles. The van der Waals surface area contributed by atoms with Crippen molar-refractivity contribution in [3.63, 3.8) is 0 Å². The Morgan fingerprint density at radius 1 is 1.07 bits per heavy atom. The van der Waals surface area contributed by atoms with Gasteiger partial charge in [-0.3, -0.25) is 9.69 Å². The summed E-state index contributed by atoms with van der Waals surface area (Å²) in [5.74, 6) is 0.993. The van der Waals surface area contributed by atoms with Gasteiger partial charge in [0.05, 0.1) is 17.5 Å². The molecule has 1 amide bonds. The Morgan fingerprint density at radius 3 is 2.48 bits per heavy atom. The second-order valence-corrected chi connectivity index (χ2v) is 13.5. The number of carbonyl (C=O) groups is 1. The van der Waals surface area contributed by atoms with Gasteiger partial charge >= 0.3 is 6.18 Å². The van der Waals surface area contributed by atoms with E-state index in [4.69, 9.17) is 0 Å². The lowest BCUT2D eigenvalue weighted by atomic mass is 9.58. The van der Waals surface area contributed by atoms with Crippen LogP contribution in [0.4, 0.5) is 18.9 Å². The largest absolute Gasteiger partial charge is 0.416 e. The number of aryl methyl sites for hydroxylation is 1. The van der Waals surface area contributed by atoms with Gasteiger partial charge in [-0.1, -0.05) is 19.1 Å². The molecule has 3 aliphatic heterocycles. The lowest BCUT2D eigenvalue weighted by Crippen LogP contribution is -2.55. The number of benzene rings is 2. The molecule has 10 heteroatoms. The van der Waals surface area contributed by atoms with Crippen LogP contribution in [0.5, 0.6) is 0 Å². The summed E-state index contributed by atoms with van der Waals surface area (Å²) in [5, 5.41) is 8.51. The first-order valence-electron chi connectivity index (χ1n) is 14.8. The van der Waals surface area contributed by atoms with E-state index in [-0.39, 0.29) is 40.5 Å². The summed E-state index contributed by atoms with van der Waals surface area (Å²) < 4.78 is 45.4. The van der Waals surface area contributed by atoms with Crippen molar-refractivity contribution in [3.8, 4) is 0 Å². The van der Waals surface area contributed by atoms with Gasteiger partial charge in [0, 0.05) is 49.4 Å². The Bertz CT molecular complexity index is 1550. The molecule has 4 heterocycles. The number of fused-ring (bicyclic) bond motifs is 1. The summed E-state index contributed by atoms with van der Waals surface area (Å²) in [6, 6.07) is 10.5. The van der Waals surface area contributed by atoms with Crippen LogP contribution in [0, 0.1) is 11.3 Å². The van der Waals surface area contributed by atoms with Crippen molar-refractivity contribution in [2.45, 2.75) is 57.3 Å². The van der Waals surface area contributed by atoms with Crippen LogP contribution in [0.3, 0.4) is 0 Å². The first-order valence-corrected chi connectivity index (χ1v) is 14.8. The molecule has 1 aromatic heterocycles. The Labute approximate surface area is 244 Å². The predicted molar refractivity (Wildman–Crippen MR) is 153 cm³/mol. The monoisotopic (exact) mass is 578 g/mol. The summed E-state index contributed by atoms with van der Waals surface area (Å²) in [6.07, 6.45) is -0.0293. The van der Waals surface area contributed by atoms with Gasteiger partial charge in [-0.05, 0) is 86.7 Å². The summed E-state index contributed by atoms with van der Waals surface area (Å²) in [4.78, 5) is 19.9. The fourth-order valence-electron chi connectivity index (χ4n) is 8.37. The van der Waals surface area contributed by atoms with Gasteiger partial charge in [0.2, 0.25) is 0 Å². The SMILES string of the molecule is CC1CC(c2cccc(N3Cc4c(cc([C@@H](C)N5CCC6(CN(C)C6)C5)cc4C(F)(F)F)C3=O)c2)(c2nncn2C)C1. The Kier molecular flexibility index (Phi) is 6.16. The van der Waals surface area contributed by atoms with E-state index in [1.807, 2.05) is 42.8 Å². The molecule has 3 aromatic rings. The number of nitrogens with zero attached hydrogens (tertiary/aromatic N) is 6. The van der Waals surface area contributed by atoms with Gasteiger partial charge in [-0.25, -0.2) is 0 Å². The number of amides is 1. The molecule has 2 saturated heterocycles. The van der Waals surface area contributed by atoms with Crippen molar-refractivity contribution in [1.29, 1.82) is 0 Å². The number of rotatable bonds is 5. The van der Waals surface area contributed by atoms with E-state index in [9.17, 15) is 18.0 Å². The van der Waals surface area contributed by atoms with Gasteiger partial charge in [0.15, 0.2) is 0 Å². The first-order chi connectivity index (χ1) is 19.9. The van der Waals surface area contributed by atoms with Crippen LogP contribution >= 0.6 is 0 Å². The minimum absolute atomic E-state index is 0.0626. The summed E-state index contributed by atoms with van der Waals surface area (Å²) in [6.45, 7) is 7.84. The van der Waals surface area contributed by atoms with Crippen LogP contribution in [0.25, 0.3) is 0 Å². The maximum atomic E-state index is 14.5. The average Bonchev–Trinajstić information content (AvgIpc) is 3.63. The molecule has 1 atom stereocenters. The maximum Gasteiger partial charge on any atom is 0.416 e. The zero-order chi connectivity index (χ0) is 29.6. The third-order valence-electron chi connectivity index (χ3n) is 10.3. The first kappa shape index (κ1) is 27.6. The second-order valence-electron chi connectivity index (χ2n) is 13.5. The van der Waals surface area contributed by atoms with Crippen LogP contribution < -0.4 is 4.90 Å². The molecule has 1 saturated carbocycles. The molecule has 7 rings (SSSR count). The lowest BCUT2D eigenvalue weighted by Gasteiger charge is -2.46. The number of carbonyl (C=O) groups excluding carboxylic acids is 1. The van der Waals surface area contributed by atoms with Gasteiger partial charge in [-0.15, -0.1) is 10.2 Å². The average molecular weight is 579 g/mol. The maximum absolute atomic E-state index is 14.5. The van der Waals surface area contributed by atoms with Gasteiger partial charge in [0.25, 0.3) is 5.91 Å². The van der Waals surface area contributed by atoms with E-state index in [2.05, 4.69) is 34.0 Å². The molecule has 42 heavy (non-hydrogen) atoms. The summed E-state index contributed by atoms with van der Waals surface area (Å²) in [5.41, 5.74) is 1.60. The van der Waals surface area contributed by atoms with Gasteiger partial charge < -0.3 is 14.4 Å². The molecule has 0 bridgehead atoms. The van der Waals surface area contributed by atoms with E-state index in [1.54, 1.807) is 12.4 Å². The van der Waals surface area contributed by atoms with E-state index in [0.29, 0.717) is 17.2 Å². The van der Waals surface area contributed by atoms with Crippen molar-refractivity contribution >= 4 is 11.6 Å². The molecule has 7 nitrogen and oxygen atoms in total. The predicted octanol–water partition coefficient (Wildman–Crippen LogP) is 5.41. The van der Waals surface area contributed by atoms with E-state index < -0.39 is 11.7 Å². The molecule has 0 N–H and O–H groups in total. The topological polar surface area (TPSA) is 57.5 Å². The molecule has 4 aliphatic rings. The molecule has 2 aromatic carbocycles. The summed E-state index contributed by atoms with van der Waals surface area (Å²) in [7, 11) is 4.03. The van der Waals surface area contributed by atoms with Crippen molar-refractivity contribution in [3.05, 3.63) is 76.4 Å². The van der Waals surface area contributed by atoms with Crippen LogP contribution in [-0.2, 0) is 25.2 Å². The second kappa shape index (κ2) is 9.38. The summed E-state index contributed by atoms with van der Waals surface area (Å²) >= 11 is 0. The smallest absolute Gasteiger partial charge is 0.320 e. The van der Waals surface area contributed by atoms with E-state index in [1.165, 1.54) is 11.0 Å². The highest BCUT2D eigenvalue weighted by molar-refractivity contribution is 6.10. The fourth-order valence-corrected chi connectivity index (χ4v) is 8.37. The molecule has 1 spiro atoms. The lowest BCUT2D eigenvalue weighted by molar-refractivity contribution is -0.138. The van der Waals surface area contributed by atoms with Crippen LogP contribution in [0.1, 0.15) is 77.6 Å². The zero-order valence-corrected chi connectivity index (χ0v) is 24.6. The number of likely N-dealkylation sites (tertiary alicyclic amines) is 2. The number of hydrogen-bond acceptors (Lipinski definition) is 5. The molecule has 222 valence electrons. The van der Waals surface area contributed by atoms with Crippen molar-refractivity contribution in [1.82, 2.24) is 24.6 Å². The fraction of sp³-hybridized carbons (Fsp3) is 0.531. The highest BCUT2D eigenvalue weighted by Gasteiger charge is 2.49. The number of anilines is 1. The minimum Gasteiger partial charge on any atom is -0.320 e. The quantitative estimate of drug-likeness (QED) is 0.406. The molecule has 0 radical (unpaired) electrons. The normalized spacial score (nSPS) is 26.4. The highest BCUT2D eigenvalue weighted by atomic mass is 19.4. The molecule has 3 fully saturated rings. The van der Waals surface area contributed by atoms with Gasteiger partial charge in [0.1, 0.15) is 12.2 Å². The number of aromatic nitrogens is 3. The Balaban J connectivity index is 1.22. The number of hydrogen-bond donors (Lipinski definition) is 0.